The first-order chi connectivity index (χ1) is 10.8. The van der Waals surface area contributed by atoms with Crippen molar-refractivity contribution < 1.29 is 29.3 Å². The third-order valence-electron chi connectivity index (χ3n) is 2.71. The fraction of sp³-hybridized carbons (Fsp3) is 0.0667. The number of hydrogen-bond donors (Lipinski definition) is 2. The van der Waals surface area contributed by atoms with E-state index in [9.17, 15) is 19.8 Å². The summed E-state index contributed by atoms with van der Waals surface area (Å²) in [6, 6.07) is 11.0. The average molecular weight is 357 g/mol. The van der Waals surface area contributed by atoms with Crippen molar-refractivity contribution in [2.45, 2.75) is 5.79 Å². The molecule has 8 heteroatoms. The maximum atomic E-state index is 11.5. The summed E-state index contributed by atoms with van der Waals surface area (Å²) in [5.74, 6) is -6.67. The summed E-state index contributed by atoms with van der Waals surface area (Å²) in [5.41, 5.74) is 0. The van der Waals surface area contributed by atoms with Crippen LogP contribution in [0.25, 0.3) is 0 Å². The molecule has 0 heterocycles. The molecule has 6 nitrogen and oxygen atoms in total. The van der Waals surface area contributed by atoms with Crippen LogP contribution in [0.3, 0.4) is 0 Å². The summed E-state index contributed by atoms with van der Waals surface area (Å²) in [7, 11) is 0. The summed E-state index contributed by atoms with van der Waals surface area (Å²) in [6.45, 7) is 0. The molecule has 23 heavy (non-hydrogen) atoms. The van der Waals surface area contributed by atoms with Crippen molar-refractivity contribution in [3.63, 3.8) is 0 Å². The van der Waals surface area contributed by atoms with Gasteiger partial charge in [-0.1, -0.05) is 23.2 Å². The van der Waals surface area contributed by atoms with Gasteiger partial charge in [-0.05, 0) is 48.5 Å². The number of ether oxygens (including phenoxy) is 2. The molecule has 0 aliphatic rings. The number of aliphatic carboxylic acids is 2. The number of halogens is 2. The molecule has 0 aromatic heterocycles. The van der Waals surface area contributed by atoms with Crippen molar-refractivity contribution in [2.75, 3.05) is 0 Å². The van der Waals surface area contributed by atoms with Crippen molar-refractivity contribution >= 4 is 35.1 Å². The summed E-state index contributed by atoms with van der Waals surface area (Å²) < 4.78 is 10.2. The molecule has 2 aromatic rings. The summed E-state index contributed by atoms with van der Waals surface area (Å²) >= 11 is 11.4. The van der Waals surface area contributed by atoms with Crippen molar-refractivity contribution in [3.05, 3.63) is 58.6 Å². The lowest BCUT2D eigenvalue weighted by Crippen LogP contribution is -2.56. The smallest absolute Gasteiger partial charge is 0.452 e. The topological polar surface area (TPSA) is 93.1 Å². The minimum absolute atomic E-state index is 0.0341. The van der Waals surface area contributed by atoms with E-state index in [0.29, 0.717) is 10.0 Å². The van der Waals surface area contributed by atoms with E-state index in [1.807, 2.05) is 0 Å². The maximum Gasteiger partial charge on any atom is 0.452 e. The third kappa shape index (κ3) is 3.85. The Labute approximate surface area is 140 Å². The molecule has 2 rings (SSSR count). The van der Waals surface area contributed by atoms with Crippen LogP contribution in [0, 0.1) is 0 Å². The first-order valence-corrected chi connectivity index (χ1v) is 6.95. The van der Waals surface area contributed by atoms with E-state index in [4.69, 9.17) is 32.7 Å². The second-order valence-corrected chi connectivity index (χ2v) is 5.21. The molecule has 0 saturated carbocycles. The van der Waals surface area contributed by atoms with E-state index in [2.05, 4.69) is 0 Å². The Bertz CT molecular complexity index is 648. The van der Waals surface area contributed by atoms with Crippen molar-refractivity contribution in [1.82, 2.24) is 0 Å². The molecule has 0 fully saturated rings. The van der Waals surface area contributed by atoms with Gasteiger partial charge in [-0.25, -0.2) is 9.59 Å². The van der Waals surface area contributed by atoms with Gasteiger partial charge in [0.2, 0.25) is 0 Å². The lowest BCUT2D eigenvalue weighted by molar-refractivity contribution is -0.201. The normalized spacial score (nSPS) is 10.9. The molecule has 0 spiro atoms. The van der Waals surface area contributed by atoms with Gasteiger partial charge in [-0.2, -0.15) is 0 Å². The number of carbonyl (C=O) groups is 2. The van der Waals surface area contributed by atoms with Gasteiger partial charge in [-0.3, -0.25) is 0 Å². The van der Waals surface area contributed by atoms with Crippen LogP contribution in [-0.4, -0.2) is 27.9 Å². The Hall–Kier alpha value is -2.44. The predicted octanol–water partition coefficient (Wildman–Crippen LogP) is 3.32. The van der Waals surface area contributed by atoms with E-state index in [1.54, 1.807) is 0 Å². The SMILES string of the molecule is O=C(O)C(Oc1ccc(Cl)cc1)(Oc1ccc(Cl)cc1)C(=O)O. The Kier molecular flexibility index (Phi) is 4.98. The summed E-state index contributed by atoms with van der Waals surface area (Å²) in [4.78, 5) is 23.0. The molecule has 0 atom stereocenters. The third-order valence-corrected chi connectivity index (χ3v) is 3.22. The highest BCUT2D eigenvalue weighted by molar-refractivity contribution is 6.30. The van der Waals surface area contributed by atoms with Gasteiger partial charge in [0, 0.05) is 10.0 Å². The van der Waals surface area contributed by atoms with Gasteiger partial charge < -0.3 is 19.7 Å². The van der Waals surface area contributed by atoms with Crippen LogP contribution < -0.4 is 9.47 Å². The molecule has 0 bridgehead atoms. The van der Waals surface area contributed by atoms with E-state index >= 15 is 0 Å². The Morgan fingerprint density at radius 1 is 0.739 bits per heavy atom. The largest absolute Gasteiger partial charge is 0.475 e. The van der Waals surface area contributed by atoms with Crippen molar-refractivity contribution in [2.24, 2.45) is 0 Å². The first-order valence-electron chi connectivity index (χ1n) is 6.19. The highest BCUT2D eigenvalue weighted by atomic mass is 35.5. The Morgan fingerprint density at radius 2 is 1.04 bits per heavy atom. The molecular weight excluding hydrogens is 347 g/mol. The first kappa shape index (κ1) is 16.9. The quantitative estimate of drug-likeness (QED) is 0.609. The fourth-order valence-electron chi connectivity index (χ4n) is 1.62. The average Bonchev–Trinajstić information content (AvgIpc) is 2.50. The summed E-state index contributed by atoms with van der Waals surface area (Å²) in [6.07, 6.45) is 0. The molecular formula is C15H10Cl2O6. The Morgan fingerprint density at radius 3 is 1.30 bits per heavy atom. The van der Waals surface area contributed by atoms with Crippen LogP contribution in [0.2, 0.25) is 10.0 Å². The maximum absolute atomic E-state index is 11.5. The van der Waals surface area contributed by atoms with Gasteiger partial charge in [0.05, 0.1) is 0 Å². The zero-order valence-corrected chi connectivity index (χ0v) is 12.9. The molecule has 0 saturated heterocycles. The fourth-order valence-corrected chi connectivity index (χ4v) is 1.88. The van der Waals surface area contributed by atoms with E-state index < -0.39 is 17.7 Å². The molecule has 0 unspecified atom stereocenters. The standard InChI is InChI=1S/C15H10Cl2O6/c16-9-1-5-11(6-2-9)22-15(13(18)19,14(20)21)23-12-7-3-10(17)4-8-12/h1-8H,(H,18,19)(H,20,21). The lowest BCUT2D eigenvalue weighted by Gasteiger charge is -2.26. The molecule has 0 aliphatic carbocycles. The zero-order chi connectivity index (χ0) is 17.0. The van der Waals surface area contributed by atoms with Crippen LogP contribution in [0.1, 0.15) is 0 Å². The number of benzene rings is 2. The van der Waals surface area contributed by atoms with Crippen molar-refractivity contribution in [1.29, 1.82) is 0 Å². The Balaban J connectivity index is 2.38. The van der Waals surface area contributed by atoms with E-state index in [1.165, 1.54) is 48.5 Å². The summed E-state index contributed by atoms with van der Waals surface area (Å²) in [5, 5.41) is 19.4. The predicted molar refractivity (Wildman–Crippen MR) is 82.2 cm³/mol. The van der Waals surface area contributed by atoms with Crippen LogP contribution in [0.5, 0.6) is 11.5 Å². The number of carboxylic acids is 2. The monoisotopic (exact) mass is 356 g/mol. The van der Waals surface area contributed by atoms with Gasteiger partial charge in [0.15, 0.2) is 0 Å². The van der Waals surface area contributed by atoms with E-state index in [0.717, 1.165) is 0 Å². The zero-order valence-electron chi connectivity index (χ0n) is 11.4. The van der Waals surface area contributed by atoms with Crippen molar-refractivity contribution in [3.8, 4) is 11.5 Å². The highest BCUT2D eigenvalue weighted by Crippen LogP contribution is 2.26. The molecule has 0 aliphatic heterocycles. The van der Waals surface area contributed by atoms with Gasteiger partial charge in [0.1, 0.15) is 11.5 Å². The number of hydrogen-bond acceptors (Lipinski definition) is 4. The van der Waals surface area contributed by atoms with E-state index in [-0.39, 0.29) is 11.5 Å². The number of carboxylic acid groups (broad SMARTS) is 2. The van der Waals surface area contributed by atoms with Gasteiger partial charge in [0.25, 0.3) is 0 Å². The second-order valence-electron chi connectivity index (χ2n) is 4.34. The van der Waals surface area contributed by atoms with Gasteiger partial charge >= 0.3 is 17.7 Å². The number of rotatable bonds is 6. The van der Waals surface area contributed by atoms with Crippen LogP contribution in [-0.2, 0) is 9.59 Å². The molecule has 120 valence electrons. The van der Waals surface area contributed by atoms with Gasteiger partial charge in [-0.15, -0.1) is 0 Å². The minimum Gasteiger partial charge on any atom is -0.475 e. The van der Waals surface area contributed by atoms with Crippen LogP contribution >= 0.6 is 23.2 Å². The molecule has 0 amide bonds. The molecule has 2 N–H and O–H groups in total. The second kappa shape index (κ2) is 6.76. The lowest BCUT2D eigenvalue weighted by atomic mass is 10.2. The van der Waals surface area contributed by atoms with Crippen LogP contribution in [0.15, 0.2) is 48.5 Å². The molecule has 2 aromatic carbocycles. The minimum atomic E-state index is -2.96. The highest BCUT2D eigenvalue weighted by Gasteiger charge is 2.53. The molecule has 0 radical (unpaired) electrons. The van der Waals surface area contributed by atoms with Crippen LogP contribution in [0.4, 0.5) is 0 Å².